The first-order valence-corrected chi connectivity index (χ1v) is 7.99. The fourth-order valence-corrected chi connectivity index (χ4v) is 2.40. The monoisotopic (exact) mass is 322 g/mol. The molecule has 2 N–H and O–H groups in total. The third-order valence-electron chi connectivity index (χ3n) is 3.69. The van der Waals surface area contributed by atoms with Gasteiger partial charge >= 0.3 is 6.03 Å². The number of aryl methyl sites for hydroxylation is 1. The summed E-state index contributed by atoms with van der Waals surface area (Å²) in [6.45, 7) is 6.33. The maximum atomic E-state index is 11.9. The van der Waals surface area contributed by atoms with Crippen molar-refractivity contribution in [1.82, 2.24) is 5.32 Å². The molecule has 5 nitrogen and oxygen atoms in total. The molecule has 124 valence electrons. The fraction of sp³-hybridized carbons (Fsp3) is 0.263. The lowest BCUT2D eigenvalue weighted by Gasteiger charge is -2.23. The number of carbonyl (C=O) groups is 1. The van der Waals surface area contributed by atoms with E-state index >= 15 is 0 Å². The number of nitriles is 1. The molecule has 0 atom stereocenters. The maximum absolute atomic E-state index is 11.9. The van der Waals surface area contributed by atoms with E-state index in [2.05, 4.69) is 47.6 Å². The first kappa shape index (κ1) is 17.4. The maximum Gasteiger partial charge on any atom is 0.319 e. The average Bonchev–Trinajstić information content (AvgIpc) is 2.59. The zero-order chi connectivity index (χ0) is 17.4. The van der Waals surface area contributed by atoms with Gasteiger partial charge in [-0.15, -0.1) is 0 Å². The molecule has 0 aliphatic rings. The summed E-state index contributed by atoms with van der Waals surface area (Å²) in [7, 11) is 0. The highest BCUT2D eigenvalue weighted by molar-refractivity contribution is 5.89. The zero-order valence-corrected chi connectivity index (χ0v) is 14.0. The zero-order valence-electron chi connectivity index (χ0n) is 14.0. The summed E-state index contributed by atoms with van der Waals surface area (Å²) in [6.07, 6.45) is 0. The molecule has 0 aliphatic heterocycles. The topological polar surface area (TPSA) is 68.2 Å². The van der Waals surface area contributed by atoms with Crippen LogP contribution in [0.25, 0.3) is 0 Å². The summed E-state index contributed by atoms with van der Waals surface area (Å²) >= 11 is 0. The third-order valence-corrected chi connectivity index (χ3v) is 3.69. The van der Waals surface area contributed by atoms with Crippen LogP contribution in [-0.4, -0.2) is 25.7 Å². The highest BCUT2D eigenvalue weighted by Crippen LogP contribution is 2.15. The van der Waals surface area contributed by atoms with Crippen molar-refractivity contribution in [2.75, 3.05) is 29.9 Å². The second-order valence-electron chi connectivity index (χ2n) is 5.49. The van der Waals surface area contributed by atoms with Gasteiger partial charge in [0.05, 0.1) is 11.6 Å². The first-order valence-electron chi connectivity index (χ1n) is 7.99. The molecule has 0 saturated heterocycles. The molecule has 0 unspecified atom stereocenters. The summed E-state index contributed by atoms with van der Waals surface area (Å²) in [4.78, 5) is 14.1. The molecule has 5 heteroatoms. The van der Waals surface area contributed by atoms with Crippen LogP contribution in [0.5, 0.6) is 0 Å². The van der Waals surface area contributed by atoms with Gasteiger partial charge in [-0.3, -0.25) is 0 Å². The number of hydrogen-bond donors (Lipinski definition) is 2. The van der Waals surface area contributed by atoms with Crippen molar-refractivity contribution < 1.29 is 4.79 Å². The van der Waals surface area contributed by atoms with Gasteiger partial charge in [0.1, 0.15) is 0 Å². The Morgan fingerprint density at radius 1 is 1.21 bits per heavy atom. The van der Waals surface area contributed by atoms with Crippen molar-refractivity contribution in [2.24, 2.45) is 0 Å². The van der Waals surface area contributed by atoms with Gasteiger partial charge in [0.2, 0.25) is 0 Å². The van der Waals surface area contributed by atoms with Gasteiger partial charge in [-0.25, -0.2) is 4.79 Å². The van der Waals surface area contributed by atoms with Gasteiger partial charge in [-0.1, -0.05) is 12.1 Å². The number of rotatable bonds is 6. The van der Waals surface area contributed by atoms with Gasteiger partial charge in [-0.2, -0.15) is 5.26 Å². The van der Waals surface area contributed by atoms with Crippen molar-refractivity contribution in [3.05, 3.63) is 59.7 Å². The smallest absolute Gasteiger partial charge is 0.319 e. The fourth-order valence-electron chi connectivity index (χ4n) is 2.40. The largest absolute Gasteiger partial charge is 0.370 e. The predicted octanol–water partition coefficient (Wildman–Crippen LogP) is 3.51. The number of nitrogens with one attached hydrogen (secondary N) is 2. The lowest BCUT2D eigenvalue weighted by atomic mass is 10.2. The van der Waals surface area contributed by atoms with Gasteiger partial charge in [-0.05, 0) is 55.8 Å². The average molecular weight is 322 g/mol. The van der Waals surface area contributed by atoms with E-state index in [1.165, 1.54) is 5.56 Å². The van der Waals surface area contributed by atoms with Crippen LogP contribution in [0.2, 0.25) is 0 Å². The normalized spacial score (nSPS) is 9.88. The van der Waals surface area contributed by atoms with E-state index < -0.39 is 0 Å². The number of likely N-dealkylation sites (N-methyl/N-ethyl adjacent to an activating group) is 1. The van der Waals surface area contributed by atoms with E-state index in [1.807, 2.05) is 12.1 Å². The van der Waals surface area contributed by atoms with Gasteiger partial charge < -0.3 is 15.5 Å². The number of anilines is 2. The highest BCUT2D eigenvalue weighted by Gasteiger charge is 2.06. The minimum atomic E-state index is -0.250. The number of carbonyl (C=O) groups excluding carboxylic acids is 1. The van der Waals surface area contributed by atoms with Crippen LogP contribution in [0.3, 0.4) is 0 Å². The van der Waals surface area contributed by atoms with Crippen molar-refractivity contribution >= 4 is 17.4 Å². The summed E-state index contributed by atoms with van der Waals surface area (Å²) in [5, 5.41) is 14.4. The minimum absolute atomic E-state index is 0.250. The van der Waals surface area contributed by atoms with Gasteiger partial charge in [0.25, 0.3) is 0 Å². The van der Waals surface area contributed by atoms with Gasteiger partial charge in [0.15, 0.2) is 0 Å². The molecular formula is C19H22N4O. The van der Waals surface area contributed by atoms with Crippen LogP contribution in [-0.2, 0) is 0 Å². The Hall–Kier alpha value is -3.00. The summed E-state index contributed by atoms with van der Waals surface area (Å²) in [5.74, 6) is 0. The molecule has 0 heterocycles. The van der Waals surface area contributed by atoms with Gasteiger partial charge in [0, 0.05) is 31.0 Å². The van der Waals surface area contributed by atoms with Crippen molar-refractivity contribution in [1.29, 1.82) is 5.26 Å². The molecule has 0 aromatic heterocycles. The van der Waals surface area contributed by atoms with Crippen LogP contribution in [0.15, 0.2) is 48.5 Å². The van der Waals surface area contributed by atoms with Crippen molar-refractivity contribution in [2.45, 2.75) is 13.8 Å². The Morgan fingerprint density at radius 2 is 1.96 bits per heavy atom. The molecule has 0 aliphatic carbocycles. The number of amides is 2. The Kier molecular flexibility index (Phi) is 6.21. The van der Waals surface area contributed by atoms with Crippen LogP contribution >= 0.6 is 0 Å². The Bertz CT molecular complexity index is 719. The lowest BCUT2D eigenvalue weighted by molar-refractivity contribution is 0.252. The SMILES string of the molecule is CCN(CCNC(=O)Nc1ccc(C#N)cc1)c1cccc(C)c1. The summed E-state index contributed by atoms with van der Waals surface area (Å²) in [6, 6.07) is 16.9. The van der Waals surface area contributed by atoms with E-state index in [9.17, 15) is 4.79 Å². The molecule has 24 heavy (non-hydrogen) atoms. The Morgan fingerprint density at radius 3 is 2.58 bits per heavy atom. The Labute approximate surface area is 142 Å². The van der Waals surface area contributed by atoms with Crippen LogP contribution < -0.4 is 15.5 Å². The molecule has 2 amide bonds. The highest BCUT2D eigenvalue weighted by atomic mass is 16.2. The summed E-state index contributed by atoms with van der Waals surface area (Å²) < 4.78 is 0. The third kappa shape index (κ3) is 5.03. The first-order chi connectivity index (χ1) is 11.6. The van der Waals surface area contributed by atoms with E-state index in [4.69, 9.17) is 5.26 Å². The predicted molar refractivity (Wildman–Crippen MR) is 97.2 cm³/mol. The van der Waals surface area contributed by atoms with E-state index in [0.717, 1.165) is 18.8 Å². The molecule has 0 fully saturated rings. The number of hydrogen-bond acceptors (Lipinski definition) is 3. The number of urea groups is 1. The van der Waals surface area contributed by atoms with Crippen molar-refractivity contribution in [3.63, 3.8) is 0 Å². The van der Waals surface area contributed by atoms with Crippen molar-refractivity contribution in [3.8, 4) is 6.07 Å². The Balaban J connectivity index is 1.81. The second kappa shape index (κ2) is 8.59. The van der Waals surface area contributed by atoms with Crippen LogP contribution in [0.1, 0.15) is 18.1 Å². The van der Waals surface area contributed by atoms with E-state index in [-0.39, 0.29) is 6.03 Å². The second-order valence-corrected chi connectivity index (χ2v) is 5.49. The molecule has 0 spiro atoms. The van der Waals surface area contributed by atoms with Crippen LogP contribution in [0, 0.1) is 18.3 Å². The number of benzene rings is 2. The molecule has 0 radical (unpaired) electrons. The standard InChI is InChI=1S/C19H22N4O/c1-3-23(18-6-4-5-15(2)13-18)12-11-21-19(24)22-17-9-7-16(14-20)8-10-17/h4-10,13H,3,11-12H2,1-2H3,(H2,21,22,24). The minimum Gasteiger partial charge on any atom is -0.370 e. The molecule has 2 aromatic rings. The van der Waals surface area contributed by atoms with E-state index in [0.29, 0.717) is 17.8 Å². The lowest BCUT2D eigenvalue weighted by Crippen LogP contribution is -2.37. The number of nitrogens with zero attached hydrogens (tertiary/aromatic N) is 2. The quantitative estimate of drug-likeness (QED) is 0.855. The summed E-state index contributed by atoms with van der Waals surface area (Å²) in [5.41, 5.74) is 3.61. The molecule has 0 saturated carbocycles. The molecule has 2 aromatic carbocycles. The van der Waals surface area contributed by atoms with Crippen LogP contribution in [0.4, 0.5) is 16.2 Å². The molecule has 0 bridgehead atoms. The molecule has 2 rings (SSSR count). The van der Waals surface area contributed by atoms with E-state index in [1.54, 1.807) is 24.3 Å². The molecular weight excluding hydrogens is 300 g/mol.